The third kappa shape index (κ3) is 3.61. The summed E-state index contributed by atoms with van der Waals surface area (Å²) in [5, 5.41) is 0. The molecule has 10 heteroatoms. The molecule has 0 aromatic carbocycles. The molecule has 1 aliphatic heterocycles. The summed E-state index contributed by atoms with van der Waals surface area (Å²) in [6.45, 7) is -0.264. The molecule has 90 valence electrons. The lowest BCUT2D eigenvalue weighted by molar-refractivity contribution is -0.0389. The molecule has 1 aliphatic rings. The molecule has 15 heavy (non-hydrogen) atoms. The van der Waals surface area contributed by atoms with Crippen LogP contribution in [0.4, 0.5) is 13.2 Å². The molecule has 0 aromatic rings. The van der Waals surface area contributed by atoms with Gasteiger partial charge in [0.2, 0.25) is 0 Å². The van der Waals surface area contributed by atoms with Crippen LogP contribution >= 0.6 is 8.17 Å². The highest BCUT2D eigenvalue weighted by Gasteiger charge is 2.54. The Labute approximate surface area is 86.6 Å². The van der Waals surface area contributed by atoms with Crippen LogP contribution in [0.3, 0.4) is 0 Å². The largest absolute Gasteiger partial charge is 0.572 e. The third-order valence-corrected chi connectivity index (χ3v) is 4.22. The van der Waals surface area contributed by atoms with E-state index in [0.717, 1.165) is 7.11 Å². The van der Waals surface area contributed by atoms with Crippen molar-refractivity contribution in [2.75, 3.05) is 19.5 Å². The molecule has 3 unspecified atom stereocenters. The monoisotopic (exact) mass is 269 g/mol. The van der Waals surface area contributed by atoms with E-state index < -0.39 is 36.3 Å². The van der Waals surface area contributed by atoms with Crippen LogP contribution in [-0.2, 0) is 24.4 Å². The Morgan fingerprint density at radius 3 is 2.67 bits per heavy atom. The van der Waals surface area contributed by atoms with Crippen molar-refractivity contribution < 1.29 is 35.8 Å². The van der Waals surface area contributed by atoms with Crippen LogP contribution in [0.5, 0.6) is 0 Å². The average Bonchev–Trinajstić information content (AvgIpc) is 2.47. The second-order valence-corrected chi connectivity index (χ2v) is 5.89. The van der Waals surface area contributed by atoms with Crippen LogP contribution in [0.15, 0.2) is 0 Å². The minimum Gasteiger partial charge on any atom is -0.250 e. The van der Waals surface area contributed by atoms with E-state index in [4.69, 9.17) is 4.52 Å². The predicted octanol–water partition coefficient (Wildman–Crippen LogP) is 0.987. The van der Waals surface area contributed by atoms with Crippen LogP contribution in [0.2, 0.25) is 0 Å². The number of rotatable bonds is 3. The maximum absolute atomic E-state index is 11.9. The lowest BCUT2D eigenvalue weighted by Crippen LogP contribution is -2.27. The van der Waals surface area contributed by atoms with Gasteiger partial charge in [0.25, 0.3) is 0 Å². The van der Waals surface area contributed by atoms with Gasteiger partial charge in [-0.25, -0.2) is 0 Å². The van der Waals surface area contributed by atoms with Crippen LogP contribution in [0, 0.1) is 0 Å². The van der Waals surface area contributed by atoms with Gasteiger partial charge in [-0.3, -0.25) is 4.21 Å². The first-order valence-corrected chi connectivity index (χ1v) is 6.54. The van der Waals surface area contributed by atoms with E-state index in [2.05, 4.69) is 9.05 Å². The Bertz CT molecular complexity index is 262. The molecule has 1 saturated heterocycles. The van der Waals surface area contributed by atoms with E-state index >= 15 is 0 Å². The normalized spacial score (nSPS) is 34.3. The van der Waals surface area contributed by atoms with E-state index in [9.17, 15) is 22.3 Å². The first-order valence-electron chi connectivity index (χ1n) is 3.72. The van der Waals surface area contributed by atoms with Gasteiger partial charge in [0.15, 0.2) is 6.10 Å². The molecule has 1 fully saturated rings. The smallest absolute Gasteiger partial charge is 0.250 e. The molecule has 3 atom stereocenters. The molecule has 0 aromatic heterocycles. The minimum atomic E-state index is -4.78. The van der Waals surface area contributed by atoms with E-state index in [-0.39, 0.29) is 6.61 Å². The number of hydrogen-bond donors (Lipinski definition) is 1. The van der Waals surface area contributed by atoms with Crippen LogP contribution in [0.1, 0.15) is 0 Å². The van der Waals surface area contributed by atoms with E-state index in [0.29, 0.717) is 0 Å². The lowest BCUT2D eigenvalue weighted by Gasteiger charge is -2.08. The second kappa shape index (κ2) is 4.60. The number of hydrogen-bond acceptors (Lipinski definition) is 5. The van der Waals surface area contributed by atoms with E-state index in [1.807, 2.05) is 0 Å². The van der Waals surface area contributed by atoms with Gasteiger partial charge in [-0.05, 0) is 0 Å². The Balaban J connectivity index is 2.47. The zero-order valence-corrected chi connectivity index (χ0v) is 9.27. The second-order valence-electron chi connectivity index (χ2n) is 2.63. The highest BCUT2D eigenvalue weighted by atomic mass is 32.2. The Morgan fingerprint density at radius 2 is 2.27 bits per heavy atom. The molecule has 0 radical (unpaired) electrons. The van der Waals surface area contributed by atoms with Crippen molar-refractivity contribution in [1.29, 1.82) is 0 Å². The maximum Gasteiger partial charge on any atom is 0.572 e. The number of halogens is 3. The summed E-state index contributed by atoms with van der Waals surface area (Å²) in [5.74, 6) is -0.769. The van der Waals surface area contributed by atoms with E-state index in [1.165, 1.54) is 0 Å². The Hall–Kier alpha value is 0.210. The molecular formula is C5H9F3O5PS+. The first kappa shape index (κ1) is 13.3. The zero-order chi connectivity index (χ0) is 11.7. The van der Waals surface area contributed by atoms with Crippen molar-refractivity contribution >= 4 is 19.0 Å². The van der Waals surface area contributed by atoms with Crippen molar-refractivity contribution in [2.45, 2.75) is 11.6 Å². The highest BCUT2D eigenvalue weighted by molar-refractivity contribution is 7.85. The molecule has 0 spiro atoms. The standard InChI is InChI=1S/C5H9F3O5PS/c1-11-14(9)12-2-4(13-14)3-15(10)5(6,7)8/h4,9H,2-3H2,1H3/q+1. The number of alkyl halides is 3. The van der Waals surface area contributed by atoms with Crippen molar-refractivity contribution in [1.82, 2.24) is 0 Å². The molecule has 0 saturated carbocycles. The van der Waals surface area contributed by atoms with Gasteiger partial charge in [0.05, 0.1) is 12.9 Å². The Morgan fingerprint density at radius 1 is 1.67 bits per heavy atom. The summed E-state index contributed by atoms with van der Waals surface area (Å²) in [5.41, 5.74) is -4.78. The van der Waals surface area contributed by atoms with Crippen molar-refractivity contribution in [2.24, 2.45) is 0 Å². The summed E-state index contributed by atoms with van der Waals surface area (Å²) in [6, 6.07) is 0. The lowest BCUT2D eigenvalue weighted by atomic mass is 10.4. The Kier molecular flexibility index (Phi) is 4.07. The summed E-state index contributed by atoms with van der Waals surface area (Å²) in [7, 11) is -5.38. The van der Waals surface area contributed by atoms with Crippen LogP contribution < -0.4 is 0 Å². The van der Waals surface area contributed by atoms with Gasteiger partial charge in [0.1, 0.15) is 17.4 Å². The molecule has 5 nitrogen and oxygen atoms in total. The van der Waals surface area contributed by atoms with Crippen molar-refractivity contribution in [3.05, 3.63) is 0 Å². The topological polar surface area (TPSA) is 65.0 Å². The molecule has 0 amide bonds. The minimum absolute atomic E-state index is 0.264. The highest BCUT2D eigenvalue weighted by Crippen LogP contribution is 2.62. The fourth-order valence-corrected chi connectivity index (χ4v) is 2.78. The molecule has 0 aliphatic carbocycles. The van der Waals surface area contributed by atoms with Gasteiger partial charge >= 0.3 is 13.7 Å². The van der Waals surface area contributed by atoms with Crippen LogP contribution in [0.25, 0.3) is 0 Å². The molecule has 0 bridgehead atoms. The predicted molar refractivity (Wildman–Crippen MR) is 46.0 cm³/mol. The summed E-state index contributed by atoms with van der Waals surface area (Å²) in [6.07, 6.45) is -1.06. The fraction of sp³-hybridized carbons (Fsp3) is 1.00. The zero-order valence-electron chi connectivity index (χ0n) is 7.56. The van der Waals surface area contributed by atoms with Crippen LogP contribution in [-0.4, -0.2) is 40.2 Å². The van der Waals surface area contributed by atoms with Gasteiger partial charge in [0, 0.05) is 0 Å². The van der Waals surface area contributed by atoms with Gasteiger partial charge < -0.3 is 0 Å². The quantitative estimate of drug-likeness (QED) is 0.774. The third-order valence-electron chi connectivity index (χ3n) is 1.53. The fourth-order valence-electron chi connectivity index (χ4n) is 0.864. The molecular weight excluding hydrogens is 260 g/mol. The molecule has 1 rings (SSSR count). The summed E-state index contributed by atoms with van der Waals surface area (Å²) >= 11 is 0. The van der Waals surface area contributed by atoms with Gasteiger partial charge in [-0.2, -0.15) is 27.1 Å². The molecule has 1 heterocycles. The average molecular weight is 269 g/mol. The van der Waals surface area contributed by atoms with E-state index in [1.54, 1.807) is 0 Å². The van der Waals surface area contributed by atoms with Gasteiger partial charge in [-0.15, -0.1) is 4.52 Å². The van der Waals surface area contributed by atoms with Crippen molar-refractivity contribution in [3.63, 3.8) is 0 Å². The summed E-state index contributed by atoms with van der Waals surface area (Å²) < 4.78 is 60.1. The molecule has 1 N–H and O–H groups in total. The van der Waals surface area contributed by atoms with Crippen molar-refractivity contribution in [3.8, 4) is 0 Å². The van der Waals surface area contributed by atoms with Gasteiger partial charge in [-0.1, -0.05) is 0 Å². The summed E-state index contributed by atoms with van der Waals surface area (Å²) in [4.78, 5) is 9.25. The first-order chi connectivity index (χ1) is 6.77. The maximum atomic E-state index is 11.9. The SMILES string of the molecule is CO[P+]1(O)OCC(CS(=O)C(F)(F)F)O1.